The Morgan fingerprint density at radius 2 is 2.29 bits per heavy atom. The van der Waals surface area contributed by atoms with Gasteiger partial charge in [-0.05, 0) is 18.2 Å². The van der Waals surface area contributed by atoms with Crippen molar-refractivity contribution in [3.05, 3.63) is 44.9 Å². The zero-order valence-electron chi connectivity index (χ0n) is 8.50. The molecule has 17 heavy (non-hydrogen) atoms. The molecule has 0 bridgehead atoms. The van der Waals surface area contributed by atoms with Gasteiger partial charge in [0.15, 0.2) is 5.75 Å². The van der Waals surface area contributed by atoms with E-state index in [4.69, 9.17) is 9.84 Å². The monoisotopic (exact) mass is 301 g/mol. The van der Waals surface area contributed by atoms with Crippen LogP contribution in [-0.2, 0) is 4.79 Å². The van der Waals surface area contributed by atoms with E-state index in [-0.39, 0.29) is 18.0 Å². The standard InChI is InChI=1S/C10H8BrNO5/c11-7-3-4-9(8(6-7)12(15)16)17-5-1-2-10(13)14/h1-4,6H,5H2,(H,13,14)/b2-1+. The Morgan fingerprint density at radius 1 is 1.59 bits per heavy atom. The molecule has 0 saturated heterocycles. The molecule has 0 spiro atoms. The van der Waals surface area contributed by atoms with Crippen molar-refractivity contribution in [2.45, 2.75) is 0 Å². The zero-order valence-corrected chi connectivity index (χ0v) is 10.1. The number of hydrogen-bond acceptors (Lipinski definition) is 4. The van der Waals surface area contributed by atoms with Gasteiger partial charge in [0.1, 0.15) is 6.61 Å². The molecule has 6 nitrogen and oxygen atoms in total. The molecule has 0 radical (unpaired) electrons. The molecule has 0 atom stereocenters. The second kappa shape index (κ2) is 6.00. The Morgan fingerprint density at radius 3 is 2.88 bits per heavy atom. The van der Waals surface area contributed by atoms with Crippen molar-refractivity contribution in [1.29, 1.82) is 0 Å². The number of hydrogen-bond donors (Lipinski definition) is 1. The summed E-state index contributed by atoms with van der Waals surface area (Å²) in [4.78, 5) is 20.3. The molecule has 0 unspecified atom stereocenters. The summed E-state index contributed by atoms with van der Waals surface area (Å²) in [5.41, 5.74) is -0.178. The van der Waals surface area contributed by atoms with Crippen LogP contribution in [0.25, 0.3) is 0 Å². The van der Waals surface area contributed by atoms with Crippen molar-refractivity contribution in [2.24, 2.45) is 0 Å². The number of nitro benzene ring substituents is 1. The number of ether oxygens (including phenoxy) is 1. The van der Waals surface area contributed by atoms with E-state index in [0.717, 1.165) is 6.08 Å². The van der Waals surface area contributed by atoms with Crippen molar-refractivity contribution in [1.82, 2.24) is 0 Å². The second-order valence-corrected chi connectivity index (χ2v) is 3.84. The Hall–Kier alpha value is -1.89. The van der Waals surface area contributed by atoms with E-state index >= 15 is 0 Å². The van der Waals surface area contributed by atoms with Crippen LogP contribution in [0.5, 0.6) is 5.75 Å². The predicted molar refractivity (Wildman–Crippen MR) is 63.1 cm³/mol. The van der Waals surface area contributed by atoms with Crippen molar-refractivity contribution in [3.8, 4) is 5.75 Å². The minimum Gasteiger partial charge on any atom is -0.483 e. The van der Waals surface area contributed by atoms with Crippen molar-refractivity contribution in [2.75, 3.05) is 6.61 Å². The number of aliphatic carboxylic acids is 1. The molecule has 1 aromatic rings. The molecular weight excluding hydrogens is 294 g/mol. The number of nitro groups is 1. The lowest BCUT2D eigenvalue weighted by Gasteiger charge is -2.04. The summed E-state index contributed by atoms with van der Waals surface area (Å²) in [5, 5.41) is 19.0. The third kappa shape index (κ3) is 4.23. The molecule has 0 heterocycles. The second-order valence-electron chi connectivity index (χ2n) is 2.92. The Balaban J connectivity index is 2.77. The van der Waals surface area contributed by atoms with Gasteiger partial charge in [-0.3, -0.25) is 10.1 Å². The number of benzene rings is 1. The number of carboxylic acid groups (broad SMARTS) is 1. The van der Waals surface area contributed by atoms with Crippen molar-refractivity contribution < 1.29 is 19.6 Å². The lowest BCUT2D eigenvalue weighted by molar-refractivity contribution is -0.385. The van der Waals surface area contributed by atoms with Crippen LogP contribution < -0.4 is 4.74 Å². The molecule has 0 aliphatic heterocycles. The maximum atomic E-state index is 10.7. The lowest BCUT2D eigenvalue weighted by Crippen LogP contribution is -1.99. The molecule has 0 aliphatic rings. The number of carbonyl (C=O) groups is 1. The van der Waals surface area contributed by atoms with Crippen LogP contribution in [0.3, 0.4) is 0 Å². The fraction of sp³-hybridized carbons (Fsp3) is 0.100. The fourth-order valence-corrected chi connectivity index (χ4v) is 1.39. The third-order valence-corrected chi connectivity index (χ3v) is 2.21. The maximum absolute atomic E-state index is 10.7. The van der Waals surface area contributed by atoms with Gasteiger partial charge in [-0.2, -0.15) is 0 Å². The minimum absolute atomic E-state index is 0.0469. The summed E-state index contributed by atoms with van der Waals surface area (Å²) in [5.74, 6) is -1.01. The lowest BCUT2D eigenvalue weighted by atomic mass is 10.3. The van der Waals surface area contributed by atoms with Gasteiger partial charge in [0.2, 0.25) is 0 Å². The summed E-state index contributed by atoms with van der Waals surface area (Å²) in [6.07, 6.45) is 2.17. The molecule has 1 aromatic carbocycles. The molecule has 0 amide bonds. The van der Waals surface area contributed by atoms with E-state index in [9.17, 15) is 14.9 Å². The van der Waals surface area contributed by atoms with Gasteiger partial charge in [-0.25, -0.2) is 4.79 Å². The Bertz CT molecular complexity index is 472. The van der Waals surface area contributed by atoms with E-state index in [2.05, 4.69) is 15.9 Å². The van der Waals surface area contributed by atoms with E-state index in [1.807, 2.05) is 0 Å². The molecule has 1 N–H and O–H groups in total. The van der Waals surface area contributed by atoms with Gasteiger partial charge in [0, 0.05) is 16.6 Å². The van der Waals surface area contributed by atoms with Gasteiger partial charge in [-0.15, -0.1) is 0 Å². The number of rotatable bonds is 5. The smallest absolute Gasteiger partial charge is 0.328 e. The van der Waals surface area contributed by atoms with Crippen molar-refractivity contribution in [3.63, 3.8) is 0 Å². The molecular formula is C10H8BrNO5. The molecule has 0 fully saturated rings. The highest BCUT2D eigenvalue weighted by Gasteiger charge is 2.14. The summed E-state index contributed by atoms with van der Waals surface area (Å²) in [6.45, 7) is -0.0469. The van der Waals surface area contributed by atoms with E-state index < -0.39 is 10.9 Å². The van der Waals surface area contributed by atoms with Gasteiger partial charge in [0.05, 0.1) is 4.92 Å². The van der Waals surface area contributed by atoms with Crippen LogP contribution >= 0.6 is 15.9 Å². The van der Waals surface area contributed by atoms with E-state index in [1.54, 1.807) is 6.07 Å². The third-order valence-electron chi connectivity index (χ3n) is 1.71. The van der Waals surface area contributed by atoms with Crippen LogP contribution in [0.15, 0.2) is 34.8 Å². The SMILES string of the molecule is O=C(O)/C=C/COc1ccc(Br)cc1[N+](=O)[O-]. The first kappa shape index (κ1) is 13.2. The average Bonchev–Trinajstić information content (AvgIpc) is 2.25. The summed E-state index contributed by atoms with van der Waals surface area (Å²) >= 11 is 3.11. The topological polar surface area (TPSA) is 89.7 Å². The largest absolute Gasteiger partial charge is 0.483 e. The number of halogens is 1. The van der Waals surface area contributed by atoms with Crippen LogP contribution in [0.4, 0.5) is 5.69 Å². The first-order chi connectivity index (χ1) is 8.00. The first-order valence-electron chi connectivity index (χ1n) is 4.47. The zero-order chi connectivity index (χ0) is 12.8. The molecule has 1 rings (SSSR count). The van der Waals surface area contributed by atoms with Gasteiger partial charge in [-0.1, -0.05) is 15.9 Å². The summed E-state index contributed by atoms with van der Waals surface area (Å²) < 4.78 is 5.66. The van der Waals surface area contributed by atoms with Gasteiger partial charge < -0.3 is 9.84 Å². The summed E-state index contributed by atoms with van der Waals surface area (Å²) in [7, 11) is 0. The molecule has 0 aliphatic carbocycles. The molecule has 0 aromatic heterocycles. The van der Waals surface area contributed by atoms with Crippen LogP contribution in [0.1, 0.15) is 0 Å². The maximum Gasteiger partial charge on any atom is 0.328 e. The fourth-order valence-electron chi connectivity index (χ4n) is 1.04. The molecule has 7 heteroatoms. The highest BCUT2D eigenvalue weighted by Crippen LogP contribution is 2.29. The molecule has 0 saturated carbocycles. The predicted octanol–water partition coefficient (Wildman–Crippen LogP) is 2.38. The molecule has 90 valence electrons. The van der Waals surface area contributed by atoms with Gasteiger partial charge >= 0.3 is 11.7 Å². The highest BCUT2D eigenvalue weighted by molar-refractivity contribution is 9.10. The number of carboxylic acids is 1. The van der Waals surface area contributed by atoms with Crippen LogP contribution in [-0.4, -0.2) is 22.6 Å². The van der Waals surface area contributed by atoms with Crippen LogP contribution in [0.2, 0.25) is 0 Å². The van der Waals surface area contributed by atoms with Crippen LogP contribution in [0, 0.1) is 10.1 Å². The van der Waals surface area contributed by atoms with Gasteiger partial charge in [0.25, 0.3) is 0 Å². The summed E-state index contributed by atoms with van der Waals surface area (Å²) in [6, 6.07) is 4.36. The van der Waals surface area contributed by atoms with E-state index in [0.29, 0.717) is 4.47 Å². The first-order valence-corrected chi connectivity index (χ1v) is 5.26. The van der Waals surface area contributed by atoms with Crippen molar-refractivity contribution >= 4 is 27.6 Å². The minimum atomic E-state index is -1.10. The Kier molecular flexibility index (Phi) is 4.65. The average molecular weight is 302 g/mol. The Labute approximate surface area is 105 Å². The number of nitrogens with zero attached hydrogens (tertiary/aromatic N) is 1. The normalized spacial score (nSPS) is 10.4. The quantitative estimate of drug-likeness (QED) is 0.512. The van der Waals surface area contributed by atoms with E-state index in [1.165, 1.54) is 18.2 Å². The highest BCUT2D eigenvalue weighted by atomic mass is 79.9.